The zero-order chi connectivity index (χ0) is 44.6. The molecule has 0 spiro atoms. The van der Waals surface area contributed by atoms with Gasteiger partial charge in [0.1, 0.15) is 28.6 Å². The number of thiazole rings is 1. The van der Waals surface area contributed by atoms with E-state index in [0.717, 1.165) is 70.0 Å². The molecule has 8 atom stereocenters. The number of aromatic nitrogens is 1. The number of carboxylic acids is 1. The summed E-state index contributed by atoms with van der Waals surface area (Å²) in [7, 11) is 2.01. The number of piperidine rings is 1. The fourth-order valence-electron chi connectivity index (χ4n) is 8.59. The summed E-state index contributed by atoms with van der Waals surface area (Å²) in [6.45, 7) is 16.8. The molecule has 2 aliphatic heterocycles. The first-order valence-electron chi connectivity index (χ1n) is 22.8. The molecule has 1 aromatic heterocycles. The van der Waals surface area contributed by atoms with Gasteiger partial charge in [-0.25, -0.2) is 9.78 Å². The maximum Gasteiger partial charge on any atom is 0.328 e. The molecule has 3 heterocycles. The predicted molar refractivity (Wildman–Crippen MR) is 239 cm³/mol. The molecular formula is C47H73N5O8S. The number of ether oxygens (including phenoxy) is 2. The van der Waals surface area contributed by atoms with Crippen LogP contribution in [0, 0.1) is 23.7 Å². The number of likely N-dealkylation sites (N-methyl/N-ethyl adjacent to an activating group) is 1. The minimum Gasteiger partial charge on any atom is -0.481 e. The van der Waals surface area contributed by atoms with Crippen molar-refractivity contribution in [1.29, 1.82) is 0 Å². The molecule has 0 aliphatic carbocycles. The van der Waals surface area contributed by atoms with E-state index in [1.807, 2.05) is 31.0 Å². The number of likely N-dealkylation sites (tertiary alicyclic amines) is 1. The molecule has 2 aromatic rings. The number of esters is 1. The van der Waals surface area contributed by atoms with Crippen molar-refractivity contribution in [3.8, 4) is 5.75 Å². The average molecular weight is 868 g/mol. The molecule has 0 radical (unpaired) electrons. The number of nitrogens with zero attached hydrogens (tertiary/aromatic N) is 3. The van der Waals surface area contributed by atoms with Crippen LogP contribution < -0.4 is 15.4 Å². The van der Waals surface area contributed by atoms with E-state index in [9.17, 15) is 29.1 Å². The molecule has 3 N–H and O–H groups in total. The standard InChI is InChI=1S/C47H73N5O8S/c1-9-22-52(45(55)36(31(6)11-3)27-41(53)39-16-12-13-23-51(39)8)40(30(4)5)28-42(59-24-10-2)44-50-38(29-61-44)43(54)49-34(25-32(7)46(56)57)26-33-17-19-35(20-18-33)60-47(58)37-15-14-21-48-37/h17-20,29-32,34,36-37,39-40,42,48H,9-16,21-28H2,1-8H3,(H,49,54)(H,56,57)/t31-,32-,34+,36-,37+,39+,40+,42+/m0/s1. The topological polar surface area (TPSA) is 167 Å². The number of rotatable bonds is 25. The van der Waals surface area contributed by atoms with Gasteiger partial charge in [0.25, 0.3) is 5.91 Å². The molecule has 13 nitrogen and oxygen atoms in total. The first-order chi connectivity index (χ1) is 29.2. The number of carboxylic acid groups (broad SMARTS) is 1. The lowest BCUT2D eigenvalue weighted by Crippen LogP contribution is -2.50. The molecule has 1 aromatic carbocycles. The molecule has 61 heavy (non-hydrogen) atoms. The first kappa shape index (κ1) is 49.9. The largest absolute Gasteiger partial charge is 0.481 e. The van der Waals surface area contributed by atoms with Gasteiger partial charge in [0.2, 0.25) is 5.91 Å². The Balaban J connectivity index is 1.52. The van der Waals surface area contributed by atoms with Crippen LogP contribution in [0.5, 0.6) is 5.75 Å². The first-order valence-corrected chi connectivity index (χ1v) is 23.7. The molecule has 4 rings (SSSR count). The Kier molecular flexibility index (Phi) is 20.3. The summed E-state index contributed by atoms with van der Waals surface area (Å²) in [6.07, 6.45) is 7.74. The summed E-state index contributed by atoms with van der Waals surface area (Å²) in [5, 5.41) is 18.3. The number of carbonyl (C=O) groups excluding carboxylic acids is 4. The summed E-state index contributed by atoms with van der Waals surface area (Å²) in [4.78, 5) is 75.7. The summed E-state index contributed by atoms with van der Waals surface area (Å²) in [6, 6.07) is 5.90. The molecule has 2 aliphatic rings. The lowest BCUT2D eigenvalue weighted by atomic mass is 9.82. The van der Waals surface area contributed by atoms with E-state index in [4.69, 9.17) is 14.5 Å². The van der Waals surface area contributed by atoms with Crippen LogP contribution in [0.1, 0.15) is 146 Å². The van der Waals surface area contributed by atoms with Gasteiger partial charge in [0, 0.05) is 49.4 Å². The zero-order valence-corrected chi connectivity index (χ0v) is 38.8. The predicted octanol–water partition coefficient (Wildman–Crippen LogP) is 7.48. The van der Waals surface area contributed by atoms with Gasteiger partial charge in [0.05, 0.1) is 12.0 Å². The quantitative estimate of drug-likeness (QED) is 0.0669. The van der Waals surface area contributed by atoms with Crippen molar-refractivity contribution in [2.75, 3.05) is 33.3 Å². The maximum atomic E-state index is 14.8. The second kappa shape index (κ2) is 24.8. The Morgan fingerprint density at radius 1 is 1.00 bits per heavy atom. The van der Waals surface area contributed by atoms with Crippen LogP contribution in [0.3, 0.4) is 0 Å². The average Bonchev–Trinajstić information content (AvgIpc) is 3.97. The highest BCUT2D eigenvalue weighted by molar-refractivity contribution is 7.09. The Labute approximate surface area is 368 Å². The second-order valence-electron chi connectivity index (χ2n) is 17.7. The van der Waals surface area contributed by atoms with Gasteiger partial charge >= 0.3 is 11.9 Å². The number of benzene rings is 1. The molecule has 0 saturated carbocycles. The smallest absolute Gasteiger partial charge is 0.328 e. The van der Waals surface area contributed by atoms with Crippen molar-refractivity contribution in [3.63, 3.8) is 0 Å². The van der Waals surface area contributed by atoms with Crippen LogP contribution in [0.2, 0.25) is 0 Å². The fourth-order valence-corrected chi connectivity index (χ4v) is 9.45. The lowest BCUT2D eigenvalue weighted by molar-refractivity contribution is -0.145. The number of Topliss-reactive ketones (excluding diaryl/α,β-unsaturated/α-hetero) is 1. The molecular weight excluding hydrogens is 795 g/mol. The third-order valence-electron chi connectivity index (χ3n) is 12.5. The zero-order valence-electron chi connectivity index (χ0n) is 38.0. The van der Waals surface area contributed by atoms with Crippen LogP contribution in [0.4, 0.5) is 0 Å². The van der Waals surface area contributed by atoms with Crippen LogP contribution >= 0.6 is 11.3 Å². The lowest BCUT2D eigenvalue weighted by Gasteiger charge is -2.40. The number of aliphatic carboxylic acids is 1. The number of hydrogen-bond acceptors (Lipinski definition) is 11. The monoisotopic (exact) mass is 868 g/mol. The van der Waals surface area contributed by atoms with Crippen LogP contribution in [0.15, 0.2) is 29.6 Å². The summed E-state index contributed by atoms with van der Waals surface area (Å²) < 4.78 is 12.0. The Bertz CT molecular complexity index is 1710. The van der Waals surface area contributed by atoms with Crippen LogP contribution in [0.25, 0.3) is 0 Å². The van der Waals surface area contributed by atoms with E-state index in [0.29, 0.717) is 36.8 Å². The number of hydrogen-bond donors (Lipinski definition) is 3. The summed E-state index contributed by atoms with van der Waals surface area (Å²) in [5.74, 6) is -2.10. The van der Waals surface area contributed by atoms with Crippen molar-refractivity contribution in [2.24, 2.45) is 23.7 Å². The molecule has 0 bridgehead atoms. The minimum atomic E-state index is -0.955. The Morgan fingerprint density at radius 3 is 2.34 bits per heavy atom. The summed E-state index contributed by atoms with van der Waals surface area (Å²) >= 11 is 1.34. The maximum absolute atomic E-state index is 14.8. The SMILES string of the molecule is CCCO[C@H](C[C@H](C(C)C)N(CCC)C(=O)[C@@H](CC(=O)[C@H]1CCCCN1C)[C@@H](C)CC)c1nc(C(=O)N[C@@H](Cc2ccc(OC(=O)[C@H]3CCCN3)cc2)C[C@H](C)C(=O)O)cs1. The van der Waals surface area contributed by atoms with Gasteiger partial charge in [-0.1, -0.05) is 73.4 Å². The number of carbonyl (C=O) groups is 5. The molecule has 2 amide bonds. The van der Waals surface area contributed by atoms with Crippen molar-refractivity contribution in [2.45, 2.75) is 156 Å². The fraction of sp³-hybridized carbons (Fsp3) is 0.702. The molecule has 2 fully saturated rings. The van der Waals surface area contributed by atoms with Gasteiger partial charge in [-0.05, 0) is 101 Å². The van der Waals surface area contributed by atoms with Gasteiger partial charge in [0.15, 0.2) is 5.78 Å². The van der Waals surface area contributed by atoms with E-state index in [-0.39, 0.29) is 66.2 Å². The highest BCUT2D eigenvalue weighted by atomic mass is 32.1. The van der Waals surface area contributed by atoms with Crippen molar-refractivity contribution in [1.82, 2.24) is 25.4 Å². The van der Waals surface area contributed by atoms with Crippen molar-refractivity contribution in [3.05, 3.63) is 45.9 Å². The van der Waals surface area contributed by atoms with E-state index in [1.54, 1.807) is 24.4 Å². The highest BCUT2D eigenvalue weighted by Gasteiger charge is 2.38. The molecule has 0 unspecified atom stereocenters. The van der Waals surface area contributed by atoms with Gasteiger partial charge < -0.3 is 30.1 Å². The number of nitrogens with one attached hydrogen (secondary N) is 2. The number of amides is 2. The van der Waals surface area contributed by atoms with E-state index >= 15 is 0 Å². The third kappa shape index (κ3) is 14.7. The van der Waals surface area contributed by atoms with Crippen molar-refractivity contribution < 1.29 is 38.6 Å². The Morgan fingerprint density at radius 2 is 1.74 bits per heavy atom. The minimum absolute atomic E-state index is 0.0221. The van der Waals surface area contributed by atoms with Crippen LogP contribution in [-0.4, -0.2) is 107 Å². The van der Waals surface area contributed by atoms with E-state index in [2.05, 4.69) is 50.2 Å². The van der Waals surface area contributed by atoms with Gasteiger partial charge in [-0.2, -0.15) is 0 Å². The van der Waals surface area contributed by atoms with Crippen LogP contribution in [-0.2, 0) is 30.3 Å². The van der Waals surface area contributed by atoms with Gasteiger partial charge in [-0.3, -0.25) is 24.1 Å². The summed E-state index contributed by atoms with van der Waals surface area (Å²) in [5.41, 5.74) is 1.06. The molecule has 340 valence electrons. The molecule has 2 saturated heterocycles. The van der Waals surface area contributed by atoms with Crippen molar-refractivity contribution >= 4 is 40.9 Å². The normalized spacial score (nSPS) is 20.0. The highest BCUT2D eigenvalue weighted by Crippen LogP contribution is 2.34. The molecule has 14 heteroatoms. The third-order valence-corrected chi connectivity index (χ3v) is 13.4. The number of ketones is 1. The van der Waals surface area contributed by atoms with E-state index < -0.39 is 35.9 Å². The van der Waals surface area contributed by atoms with Gasteiger partial charge in [-0.15, -0.1) is 11.3 Å². The van der Waals surface area contributed by atoms with E-state index in [1.165, 1.54) is 11.3 Å². The Hall–Kier alpha value is -3.72. The second-order valence-corrected chi connectivity index (χ2v) is 18.6.